The van der Waals surface area contributed by atoms with E-state index in [1.165, 1.54) is 7.11 Å². The van der Waals surface area contributed by atoms with E-state index < -0.39 is 24.6 Å². The minimum atomic E-state index is -1.42. The summed E-state index contributed by atoms with van der Waals surface area (Å²) in [5.41, 5.74) is 0. The average Bonchev–Trinajstić information content (AvgIpc) is 2.11. The minimum Gasteiger partial charge on any atom is -0.396 e. The second kappa shape index (κ2) is 6.07. The second-order valence-electron chi connectivity index (χ2n) is 2.34. The van der Waals surface area contributed by atoms with Crippen LogP contribution in [0.15, 0.2) is 0 Å². The van der Waals surface area contributed by atoms with Crippen LogP contribution in [0.25, 0.3) is 0 Å². The fourth-order valence-electron chi connectivity index (χ4n) is 0.798. The largest absolute Gasteiger partial charge is 0.396 e. The first-order valence-electron chi connectivity index (χ1n) is 3.63. The van der Waals surface area contributed by atoms with Crippen LogP contribution in [-0.4, -0.2) is 53.6 Å². The van der Waals surface area contributed by atoms with Crippen molar-refractivity contribution < 1.29 is 24.9 Å². The van der Waals surface area contributed by atoms with E-state index in [0.717, 1.165) is 0 Å². The Morgan fingerprint density at radius 2 is 2.08 bits per heavy atom. The molecule has 5 heteroatoms. The van der Waals surface area contributed by atoms with Crippen molar-refractivity contribution in [2.45, 2.75) is 18.6 Å². The lowest BCUT2D eigenvalue weighted by atomic mass is 10.1. The number of aliphatic hydroxyl groups excluding tert-OH is 3. The van der Waals surface area contributed by atoms with Crippen molar-refractivity contribution in [1.82, 2.24) is 0 Å². The van der Waals surface area contributed by atoms with E-state index in [-0.39, 0.29) is 13.0 Å². The SMILES string of the molecule is COC(CCO)C(=O)C(O)CO. The van der Waals surface area contributed by atoms with Gasteiger partial charge in [-0.1, -0.05) is 0 Å². The third-order valence-corrected chi connectivity index (χ3v) is 1.49. The zero-order valence-corrected chi connectivity index (χ0v) is 6.93. The average molecular weight is 178 g/mol. The van der Waals surface area contributed by atoms with Gasteiger partial charge in [0.25, 0.3) is 0 Å². The van der Waals surface area contributed by atoms with Crippen LogP contribution in [0, 0.1) is 0 Å². The molecule has 0 aromatic carbocycles. The van der Waals surface area contributed by atoms with Crippen molar-refractivity contribution in [3.8, 4) is 0 Å². The van der Waals surface area contributed by atoms with Crippen molar-refractivity contribution in [3.05, 3.63) is 0 Å². The van der Waals surface area contributed by atoms with Gasteiger partial charge < -0.3 is 20.1 Å². The highest BCUT2D eigenvalue weighted by Crippen LogP contribution is 2.01. The number of hydrogen-bond donors (Lipinski definition) is 3. The van der Waals surface area contributed by atoms with E-state index in [0.29, 0.717) is 0 Å². The molecule has 0 aromatic rings. The van der Waals surface area contributed by atoms with E-state index in [1.54, 1.807) is 0 Å². The smallest absolute Gasteiger partial charge is 0.192 e. The first kappa shape index (κ1) is 11.5. The van der Waals surface area contributed by atoms with Crippen LogP contribution in [0.5, 0.6) is 0 Å². The van der Waals surface area contributed by atoms with Gasteiger partial charge in [0.15, 0.2) is 5.78 Å². The van der Waals surface area contributed by atoms with Crippen molar-refractivity contribution in [2.24, 2.45) is 0 Å². The van der Waals surface area contributed by atoms with E-state index in [1.807, 2.05) is 0 Å². The predicted molar refractivity (Wildman–Crippen MR) is 40.6 cm³/mol. The molecule has 0 radical (unpaired) electrons. The fraction of sp³-hybridized carbons (Fsp3) is 0.857. The molecule has 3 N–H and O–H groups in total. The molecular formula is C7H14O5. The van der Waals surface area contributed by atoms with Gasteiger partial charge in [0.1, 0.15) is 12.2 Å². The molecule has 0 aromatic heterocycles. The summed E-state index contributed by atoms with van der Waals surface area (Å²) in [5, 5.41) is 25.8. The molecule has 72 valence electrons. The van der Waals surface area contributed by atoms with Crippen LogP contribution in [0.2, 0.25) is 0 Å². The molecule has 5 nitrogen and oxygen atoms in total. The lowest BCUT2D eigenvalue weighted by molar-refractivity contribution is -0.140. The highest BCUT2D eigenvalue weighted by atomic mass is 16.5. The first-order valence-corrected chi connectivity index (χ1v) is 3.63. The molecule has 0 aliphatic heterocycles. The van der Waals surface area contributed by atoms with Gasteiger partial charge in [-0.15, -0.1) is 0 Å². The van der Waals surface area contributed by atoms with Crippen molar-refractivity contribution >= 4 is 5.78 Å². The molecule has 0 amide bonds. The highest BCUT2D eigenvalue weighted by Gasteiger charge is 2.23. The van der Waals surface area contributed by atoms with E-state index in [2.05, 4.69) is 0 Å². The Bertz CT molecular complexity index is 136. The summed E-state index contributed by atoms with van der Waals surface area (Å²) >= 11 is 0. The molecule has 0 fully saturated rings. The van der Waals surface area contributed by atoms with Gasteiger partial charge in [-0.05, 0) is 0 Å². The molecule has 0 bridgehead atoms. The lowest BCUT2D eigenvalue weighted by Gasteiger charge is -2.15. The molecule has 12 heavy (non-hydrogen) atoms. The number of carbonyl (C=O) groups excluding carboxylic acids is 1. The first-order chi connectivity index (χ1) is 5.67. The Hall–Kier alpha value is -0.490. The summed E-state index contributed by atoms with van der Waals surface area (Å²) in [4.78, 5) is 11.0. The molecule has 0 spiro atoms. The third-order valence-electron chi connectivity index (χ3n) is 1.49. The van der Waals surface area contributed by atoms with Gasteiger partial charge >= 0.3 is 0 Å². The van der Waals surface area contributed by atoms with Crippen molar-refractivity contribution in [1.29, 1.82) is 0 Å². The Balaban J connectivity index is 4.01. The van der Waals surface area contributed by atoms with Gasteiger partial charge in [0, 0.05) is 20.1 Å². The van der Waals surface area contributed by atoms with E-state index in [9.17, 15) is 4.79 Å². The summed E-state index contributed by atoms with van der Waals surface area (Å²) in [5.74, 6) is -0.603. The number of aliphatic hydroxyl groups is 3. The molecule has 0 saturated heterocycles. The Morgan fingerprint density at radius 1 is 1.50 bits per heavy atom. The van der Waals surface area contributed by atoms with Crippen LogP contribution < -0.4 is 0 Å². The minimum absolute atomic E-state index is 0.131. The summed E-state index contributed by atoms with van der Waals surface area (Å²) < 4.78 is 4.69. The maximum Gasteiger partial charge on any atom is 0.192 e. The number of Topliss-reactive ketones (excluding diaryl/α,β-unsaturated/α-hetero) is 1. The Labute approximate surface area is 70.6 Å². The van der Waals surface area contributed by atoms with Crippen molar-refractivity contribution in [2.75, 3.05) is 20.3 Å². The van der Waals surface area contributed by atoms with E-state index >= 15 is 0 Å². The van der Waals surface area contributed by atoms with Gasteiger partial charge in [-0.25, -0.2) is 0 Å². The standard InChI is InChI=1S/C7H14O5/c1-12-6(2-3-8)7(11)5(10)4-9/h5-6,8-10H,2-4H2,1H3. The topological polar surface area (TPSA) is 87.0 Å². The number of rotatable bonds is 6. The molecule has 2 unspecified atom stereocenters. The highest BCUT2D eigenvalue weighted by molar-refractivity contribution is 5.87. The number of hydrogen-bond acceptors (Lipinski definition) is 5. The predicted octanol–water partition coefficient (Wildman–Crippen LogP) is -1.69. The fourth-order valence-corrected chi connectivity index (χ4v) is 0.798. The van der Waals surface area contributed by atoms with Crippen LogP contribution >= 0.6 is 0 Å². The van der Waals surface area contributed by atoms with Gasteiger partial charge in [0.2, 0.25) is 0 Å². The zero-order chi connectivity index (χ0) is 9.56. The summed E-state index contributed by atoms with van der Waals surface area (Å²) in [6.45, 7) is -0.813. The number of ether oxygens (including phenoxy) is 1. The zero-order valence-electron chi connectivity index (χ0n) is 6.93. The van der Waals surface area contributed by atoms with Crippen molar-refractivity contribution in [3.63, 3.8) is 0 Å². The summed E-state index contributed by atoms with van der Waals surface area (Å²) in [7, 11) is 1.31. The van der Waals surface area contributed by atoms with Crippen LogP contribution in [0.3, 0.4) is 0 Å². The normalized spacial score (nSPS) is 15.7. The molecule has 0 rings (SSSR count). The Kier molecular flexibility index (Phi) is 5.83. The summed E-state index contributed by atoms with van der Waals surface area (Å²) in [6.07, 6.45) is -2.12. The monoisotopic (exact) mass is 178 g/mol. The van der Waals surface area contributed by atoms with Gasteiger partial charge in [-0.3, -0.25) is 4.79 Å². The second-order valence-corrected chi connectivity index (χ2v) is 2.34. The van der Waals surface area contributed by atoms with Crippen LogP contribution in [0.4, 0.5) is 0 Å². The third kappa shape index (κ3) is 3.27. The molecule has 0 aliphatic rings. The van der Waals surface area contributed by atoms with Gasteiger partial charge in [-0.2, -0.15) is 0 Å². The maximum atomic E-state index is 11.0. The number of carbonyl (C=O) groups is 1. The number of ketones is 1. The van der Waals surface area contributed by atoms with Crippen LogP contribution in [-0.2, 0) is 9.53 Å². The van der Waals surface area contributed by atoms with E-state index in [4.69, 9.17) is 20.1 Å². The maximum absolute atomic E-state index is 11.0. The molecule has 0 aliphatic carbocycles. The Morgan fingerprint density at radius 3 is 2.42 bits per heavy atom. The lowest BCUT2D eigenvalue weighted by Crippen LogP contribution is -2.36. The van der Waals surface area contributed by atoms with Crippen LogP contribution in [0.1, 0.15) is 6.42 Å². The summed E-state index contributed by atoms with van der Waals surface area (Å²) in [6, 6.07) is 0. The molecule has 0 saturated carbocycles. The molecule has 2 atom stereocenters. The molecule has 0 heterocycles. The quantitative estimate of drug-likeness (QED) is 0.451. The molecular weight excluding hydrogens is 164 g/mol. The number of methoxy groups -OCH3 is 1. The van der Waals surface area contributed by atoms with Gasteiger partial charge in [0.05, 0.1) is 6.61 Å².